The lowest BCUT2D eigenvalue weighted by atomic mass is 10.4. The van der Waals surface area contributed by atoms with Crippen LogP contribution in [0.1, 0.15) is 28.0 Å². The first-order valence-corrected chi connectivity index (χ1v) is 8.92. The zero-order valence-electron chi connectivity index (χ0n) is 13.7. The molecule has 0 atom stereocenters. The van der Waals surface area contributed by atoms with Crippen molar-refractivity contribution in [2.45, 2.75) is 25.9 Å². The number of hydrogen-bond acceptors (Lipinski definition) is 10. The maximum absolute atomic E-state index is 12.0. The van der Waals surface area contributed by atoms with Crippen LogP contribution in [0.15, 0.2) is 9.95 Å². The van der Waals surface area contributed by atoms with E-state index in [1.54, 1.807) is 13.8 Å². The summed E-state index contributed by atoms with van der Waals surface area (Å²) in [4.78, 5) is 39.9. The number of nitrogen functional groups attached to an aromatic ring is 1. The third-order valence-electron chi connectivity index (χ3n) is 2.86. The molecule has 0 aliphatic rings. The van der Waals surface area contributed by atoms with Crippen molar-refractivity contribution in [3.05, 3.63) is 26.6 Å². The zero-order valence-corrected chi connectivity index (χ0v) is 15.4. The molecular weight excluding hydrogens is 368 g/mol. The van der Waals surface area contributed by atoms with Crippen molar-refractivity contribution in [2.24, 2.45) is 0 Å². The minimum Gasteiger partial charge on any atom is -0.462 e. The van der Waals surface area contributed by atoms with Gasteiger partial charge in [-0.15, -0.1) is 10.2 Å². The van der Waals surface area contributed by atoms with Crippen molar-refractivity contribution < 1.29 is 14.3 Å². The summed E-state index contributed by atoms with van der Waals surface area (Å²) in [6.07, 6.45) is 0. The number of carbonyl (C=O) groups excluding carboxylic acids is 2. The van der Waals surface area contributed by atoms with Crippen molar-refractivity contribution in [3.63, 3.8) is 0 Å². The highest BCUT2D eigenvalue weighted by atomic mass is 32.2. The Labute approximate surface area is 150 Å². The number of hydrogen-bond donors (Lipinski definition) is 2. The lowest BCUT2D eigenvalue weighted by molar-refractivity contribution is -0.113. The van der Waals surface area contributed by atoms with Crippen molar-refractivity contribution in [1.29, 1.82) is 0 Å². The maximum atomic E-state index is 12.0. The summed E-state index contributed by atoms with van der Waals surface area (Å²) in [6, 6.07) is 0. The summed E-state index contributed by atoms with van der Waals surface area (Å²) >= 11 is 1.99. The minimum absolute atomic E-state index is 0.0538. The van der Waals surface area contributed by atoms with E-state index in [0.717, 1.165) is 27.8 Å². The van der Waals surface area contributed by atoms with Crippen LogP contribution in [0.3, 0.4) is 0 Å². The number of nitrogens with two attached hydrogens (primary N) is 1. The van der Waals surface area contributed by atoms with Crippen LogP contribution in [0.2, 0.25) is 0 Å². The Morgan fingerprint density at radius 3 is 2.72 bits per heavy atom. The number of aromatic nitrogens is 4. The van der Waals surface area contributed by atoms with E-state index in [0.29, 0.717) is 10.6 Å². The molecule has 134 valence electrons. The van der Waals surface area contributed by atoms with E-state index in [1.807, 2.05) is 0 Å². The van der Waals surface area contributed by atoms with Crippen molar-refractivity contribution in [3.8, 4) is 0 Å². The van der Waals surface area contributed by atoms with Crippen LogP contribution in [0.25, 0.3) is 0 Å². The topological polar surface area (TPSA) is 142 Å². The number of nitrogens with zero attached hydrogens (tertiary/aromatic N) is 4. The van der Waals surface area contributed by atoms with Crippen molar-refractivity contribution in [1.82, 2.24) is 19.9 Å². The van der Waals surface area contributed by atoms with Gasteiger partial charge in [0.25, 0.3) is 5.56 Å². The van der Waals surface area contributed by atoms with Crippen molar-refractivity contribution >= 4 is 40.1 Å². The SMILES string of the molecule is CCOC(=O)c1sc(NC(=O)CSc2nnc(C)c(=O)n2N)nc1C. The first kappa shape index (κ1) is 18.9. The van der Waals surface area contributed by atoms with Gasteiger partial charge in [0.05, 0.1) is 18.1 Å². The molecule has 3 N–H and O–H groups in total. The smallest absolute Gasteiger partial charge is 0.350 e. The van der Waals surface area contributed by atoms with Crippen LogP contribution < -0.4 is 16.7 Å². The van der Waals surface area contributed by atoms with Crippen LogP contribution in [-0.2, 0) is 9.53 Å². The normalized spacial score (nSPS) is 10.5. The Kier molecular flexibility index (Phi) is 6.09. The molecule has 0 aliphatic heterocycles. The first-order valence-electron chi connectivity index (χ1n) is 7.12. The molecule has 10 nitrogen and oxygen atoms in total. The Morgan fingerprint density at radius 2 is 2.04 bits per heavy atom. The Morgan fingerprint density at radius 1 is 1.32 bits per heavy atom. The van der Waals surface area contributed by atoms with Gasteiger partial charge >= 0.3 is 5.97 Å². The van der Waals surface area contributed by atoms with Gasteiger partial charge < -0.3 is 15.9 Å². The van der Waals surface area contributed by atoms with E-state index < -0.39 is 11.5 Å². The van der Waals surface area contributed by atoms with Gasteiger partial charge in [0.15, 0.2) is 5.13 Å². The Balaban J connectivity index is 1.99. The summed E-state index contributed by atoms with van der Waals surface area (Å²) in [5.74, 6) is 4.68. The Hall–Kier alpha value is -2.47. The molecular formula is C13H16N6O4S2. The third-order valence-corrected chi connectivity index (χ3v) is 4.85. The number of anilines is 1. The first-order chi connectivity index (χ1) is 11.8. The number of aryl methyl sites for hydroxylation is 2. The molecule has 12 heteroatoms. The second-order valence-electron chi connectivity index (χ2n) is 4.73. The number of ether oxygens (including phenoxy) is 1. The van der Waals surface area contributed by atoms with Gasteiger partial charge in [0.1, 0.15) is 10.6 Å². The lowest BCUT2D eigenvalue weighted by Gasteiger charge is -2.05. The number of carbonyl (C=O) groups is 2. The van der Waals surface area contributed by atoms with E-state index in [4.69, 9.17) is 10.6 Å². The third kappa shape index (κ3) is 4.54. The number of rotatable bonds is 6. The minimum atomic E-state index is -0.479. The predicted octanol–water partition coefficient (Wildman–Crippen LogP) is 0.333. The molecule has 1 amide bonds. The maximum Gasteiger partial charge on any atom is 0.350 e. The average Bonchev–Trinajstić information content (AvgIpc) is 2.92. The van der Waals surface area contributed by atoms with Gasteiger partial charge in [-0.2, -0.15) is 4.68 Å². The average molecular weight is 384 g/mol. The summed E-state index contributed by atoms with van der Waals surface area (Å²) in [5.41, 5.74) is 0.167. The number of thiazole rings is 1. The van der Waals surface area contributed by atoms with Gasteiger partial charge in [-0.1, -0.05) is 23.1 Å². The zero-order chi connectivity index (χ0) is 18.6. The molecule has 0 spiro atoms. The molecule has 0 fully saturated rings. The molecule has 0 saturated heterocycles. The van der Waals surface area contributed by atoms with Crippen molar-refractivity contribution in [2.75, 3.05) is 23.5 Å². The van der Waals surface area contributed by atoms with Crippen LogP contribution in [0, 0.1) is 13.8 Å². The Bertz CT molecular complexity index is 863. The highest BCUT2D eigenvalue weighted by Crippen LogP contribution is 2.23. The summed E-state index contributed by atoms with van der Waals surface area (Å²) < 4.78 is 5.76. The summed E-state index contributed by atoms with van der Waals surface area (Å²) in [6.45, 7) is 5.11. The fraction of sp³-hybridized carbons (Fsp3) is 0.385. The van der Waals surface area contributed by atoms with E-state index in [2.05, 4.69) is 20.5 Å². The number of nitrogens with one attached hydrogen (secondary N) is 1. The number of amides is 1. The molecule has 2 aromatic heterocycles. The molecule has 2 aromatic rings. The van der Waals surface area contributed by atoms with E-state index >= 15 is 0 Å². The number of esters is 1. The summed E-state index contributed by atoms with van der Waals surface area (Å²) in [5, 5.41) is 10.4. The molecule has 0 bridgehead atoms. The van der Waals surface area contributed by atoms with E-state index in [9.17, 15) is 14.4 Å². The molecule has 2 heterocycles. The molecule has 0 aliphatic carbocycles. The molecule has 0 aromatic carbocycles. The highest BCUT2D eigenvalue weighted by Gasteiger charge is 2.18. The highest BCUT2D eigenvalue weighted by molar-refractivity contribution is 7.99. The molecule has 0 unspecified atom stereocenters. The van der Waals surface area contributed by atoms with Gasteiger partial charge in [-0.25, -0.2) is 9.78 Å². The fourth-order valence-electron chi connectivity index (χ4n) is 1.69. The molecule has 0 saturated carbocycles. The van der Waals surface area contributed by atoms with E-state index in [-0.39, 0.29) is 34.2 Å². The second-order valence-corrected chi connectivity index (χ2v) is 6.68. The molecule has 0 radical (unpaired) electrons. The van der Waals surface area contributed by atoms with Crippen LogP contribution in [0.5, 0.6) is 0 Å². The fourth-order valence-corrected chi connectivity index (χ4v) is 3.22. The standard InChI is InChI=1S/C13H16N6O4S2/c1-4-23-11(22)9-6(2)15-12(25-9)16-8(20)5-24-13-18-17-7(3)10(21)19(13)14/h4-5,14H2,1-3H3,(H,15,16,20). The lowest BCUT2D eigenvalue weighted by Crippen LogP contribution is -2.32. The van der Waals surface area contributed by atoms with Crippen LogP contribution in [0.4, 0.5) is 5.13 Å². The summed E-state index contributed by atoms with van der Waals surface area (Å²) in [7, 11) is 0. The predicted molar refractivity (Wildman–Crippen MR) is 93.3 cm³/mol. The molecule has 2 rings (SSSR count). The number of thioether (sulfide) groups is 1. The van der Waals surface area contributed by atoms with Gasteiger partial charge in [-0.3, -0.25) is 9.59 Å². The van der Waals surface area contributed by atoms with E-state index in [1.165, 1.54) is 6.92 Å². The monoisotopic (exact) mass is 384 g/mol. The van der Waals surface area contributed by atoms with Crippen LogP contribution in [-0.4, -0.2) is 44.1 Å². The van der Waals surface area contributed by atoms with Crippen LogP contribution >= 0.6 is 23.1 Å². The molecule has 25 heavy (non-hydrogen) atoms. The second kappa shape index (κ2) is 8.07. The van der Waals surface area contributed by atoms with Gasteiger partial charge in [0, 0.05) is 0 Å². The quantitative estimate of drug-likeness (QED) is 0.409. The van der Waals surface area contributed by atoms with Gasteiger partial charge in [-0.05, 0) is 20.8 Å². The van der Waals surface area contributed by atoms with Gasteiger partial charge in [0.2, 0.25) is 11.1 Å². The largest absolute Gasteiger partial charge is 0.462 e.